The molecule has 0 aliphatic heterocycles. The van der Waals surface area contributed by atoms with Crippen LogP contribution in [0.5, 0.6) is 0 Å². The van der Waals surface area contributed by atoms with Crippen LogP contribution >= 0.6 is 11.6 Å². The molecule has 32 heavy (non-hydrogen) atoms. The van der Waals surface area contributed by atoms with Gasteiger partial charge in [0, 0.05) is 24.7 Å². The van der Waals surface area contributed by atoms with E-state index in [1.165, 1.54) is 24.1 Å². The Morgan fingerprint density at radius 1 is 1.03 bits per heavy atom. The van der Waals surface area contributed by atoms with Crippen LogP contribution in [0.4, 0.5) is 0 Å². The zero-order chi connectivity index (χ0) is 24.1. The zero-order valence-corrected chi connectivity index (χ0v) is 20.6. The largest absolute Gasteiger partial charge is 0.352 e. The van der Waals surface area contributed by atoms with Crippen molar-refractivity contribution >= 4 is 33.4 Å². The van der Waals surface area contributed by atoms with Crippen LogP contribution in [0.15, 0.2) is 53.4 Å². The fourth-order valence-corrected chi connectivity index (χ4v) is 4.37. The van der Waals surface area contributed by atoms with Gasteiger partial charge < -0.3 is 10.2 Å². The highest BCUT2D eigenvalue weighted by molar-refractivity contribution is 7.89. The van der Waals surface area contributed by atoms with Crippen molar-refractivity contribution in [3.63, 3.8) is 0 Å². The van der Waals surface area contributed by atoms with E-state index in [4.69, 9.17) is 11.6 Å². The Bertz CT molecular complexity index is 1060. The molecule has 0 aliphatic carbocycles. The Labute approximate surface area is 195 Å². The molecule has 0 bridgehead atoms. The summed E-state index contributed by atoms with van der Waals surface area (Å²) >= 11 is 6.27. The van der Waals surface area contributed by atoms with Crippen LogP contribution in [0.1, 0.15) is 31.9 Å². The Morgan fingerprint density at radius 2 is 1.62 bits per heavy atom. The Kier molecular flexibility index (Phi) is 8.83. The summed E-state index contributed by atoms with van der Waals surface area (Å²) in [5.41, 5.74) is 1.59. The van der Waals surface area contributed by atoms with Crippen molar-refractivity contribution < 1.29 is 18.0 Å². The second kappa shape index (κ2) is 10.9. The van der Waals surface area contributed by atoms with Gasteiger partial charge in [0.15, 0.2) is 0 Å². The minimum atomic E-state index is -3.87. The maximum atomic E-state index is 13.2. The highest BCUT2D eigenvalue weighted by Crippen LogP contribution is 2.20. The average molecular weight is 480 g/mol. The Balaban J connectivity index is 2.29. The molecule has 0 unspecified atom stereocenters. The van der Waals surface area contributed by atoms with Crippen molar-refractivity contribution in [3.05, 3.63) is 64.7 Å². The summed E-state index contributed by atoms with van der Waals surface area (Å²) < 4.78 is 26.8. The summed E-state index contributed by atoms with van der Waals surface area (Å²) in [5, 5.41) is 3.26. The number of halogens is 1. The van der Waals surface area contributed by atoms with Crippen molar-refractivity contribution in [3.8, 4) is 0 Å². The molecule has 2 aromatic carbocycles. The molecule has 0 heterocycles. The van der Waals surface area contributed by atoms with Crippen LogP contribution in [-0.4, -0.2) is 55.1 Å². The second-order valence-corrected chi connectivity index (χ2v) is 10.5. The Hall–Kier alpha value is -2.42. The zero-order valence-electron chi connectivity index (χ0n) is 19.0. The third-order valence-corrected chi connectivity index (χ3v) is 7.17. The quantitative estimate of drug-likeness (QED) is 0.598. The number of nitrogens with one attached hydrogen (secondary N) is 1. The fourth-order valence-electron chi connectivity index (χ4n) is 3.05. The van der Waals surface area contributed by atoms with Crippen LogP contribution in [0, 0.1) is 6.92 Å². The monoisotopic (exact) mass is 479 g/mol. The molecule has 7 nitrogen and oxygen atoms in total. The number of nitrogens with zero attached hydrogens (tertiary/aromatic N) is 2. The van der Waals surface area contributed by atoms with Crippen molar-refractivity contribution in [2.45, 2.75) is 51.2 Å². The van der Waals surface area contributed by atoms with Crippen molar-refractivity contribution in [1.29, 1.82) is 0 Å². The number of carbonyl (C=O) groups excluding carboxylic acids is 2. The number of aryl methyl sites for hydroxylation is 1. The number of carbonyl (C=O) groups is 2. The van der Waals surface area contributed by atoms with Crippen LogP contribution in [0.25, 0.3) is 0 Å². The van der Waals surface area contributed by atoms with Crippen LogP contribution in [0.3, 0.4) is 0 Å². The number of likely N-dealkylation sites (N-methyl/N-ethyl adjacent to an activating group) is 1. The van der Waals surface area contributed by atoms with E-state index in [0.29, 0.717) is 10.6 Å². The van der Waals surface area contributed by atoms with Gasteiger partial charge in [0.25, 0.3) is 0 Å². The molecule has 2 rings (SSSR count). The predicted octanol–water partition coefficient (Wildman–Crippen LogP) is 3.21. The minimum absolute atomic E-state index is 0.0730. The van der Waals surface area contributed by atoms with Gasteiger partial charge in [-0.1, -0.05) is 47.5 Å². The normalized spacial score (nSPS) is 12.6. The summed E-state index contributed by atoms with van der Waals surface area (Å²) in [6.45, 7) is 6.78. The summed E-state index contributed by atoms with van der Waals surface area (Å²) in [5.74, 6) is -0.834. The molecule has 0 fully saturated rings. The van der Waals surface area contributed by atoms with Gasteiger partial charge in [0.2, 0.25) is 21.8 Å². The average Bonchev–Trinajstić information content (AvgIpc) is 2.72. The van der Waals surface area contributed by atoms with Crippen LogP contribution in [0.2, 0.25) is 5.02 Å². The van der Waals surface area contributed by atoms with Crippen molar-refractivity contribution in [2.75, 3.05) is 13.6 Å². The molecule has 0 spiro atoms. The standard InChI is InChI=1S/C23H30ClN3O4S/c1-16(2)25-23(29)18(4)27(14-19-8-6-7-9-21(19)24)22(28)15-26(5)32(30,31)20-12-10-17(3)11-13-20/h6-13,16,18H,14-15H2,1-5H3,(H,25,29)/t18-/m1/s1. The first-order valence-electron chi connectivity index (χ1n) is 10.3. The van der Waals surface area contributed by atoms with E-state index in [1.807, 2.05) is 20.8 Å². The number of hydrogen-bond donors (Lipinski definition) is 1. The van der Waals surface area contributed by atoms with E-state index in [1.54, 1.807) is 43.3 Å². The highest BCUT2D eigenvalue weighted by Gasteiger charge is 2.30. The Morgan fingerprint density at radius 3 is 2.19 bits per heavy atom. The van der Waals surface area contributed by atoms with E-state index in [2.05, 4.69) is 5.32 Å². The minimum Gasteiger partial charge on any atom is -0.352 e. The first-order valence-corrected chi connectivity index (χ1v) is 12.1. The van der Waals surface area contributed by atoms with Gasteiger partial charge in [-0.25, -0.2) is 8.42 Å². The molecule has 0 aliphatic rings. The van der Waals surface area contributed by atoms with Gasteiger partial charge in [-0.05, 0) is 51.5 Å². The molecule has 9 heteroatoms. The van der Waals surface area contributed by atoms with Gasteiger partial charge in [-0.15, -0.1) is 0 Å². The number of rotatable bonds is 9. The van der Waals surface area contributed by atoms with Gasteiger partial charge >= 0.3 is 0 Å². The predicted molar refractivity (Wildman–Crippen MR) is 126 cm³/mol. The van der Waals surface area contributed by atoms with Crippen molar-refractivity contribution in [1.82, 2.24) is 14.5 Å². The number of sulfonamides is 1. The van der Waals surface area contributed by atoms with Gasteiger partial charge in [0.05, 0.1) is 11.4 Å². The SMILES string of the molecule is Cc1ccc(S(=O)(=O)N(C)CC(=O)N(Cc2ccccc2Cl)[C@H](C)C(=O)NC(C)C)cc1. The lowest BCUT2D eigenvalue weighted by molar-refractivity contribution is -0.140. The topological polar surface area (TPSA) is 86.8 Å². The first-order chi connectivity index (χ1) is 14.9. The van der Waals surface area contributed by atoms with E-state index >= 15 is 0 Å². The maximum Gasteiger partial charge on any atom is 0.243 e. The lowest BCUT2D eigenvalue weighted by Gasteiger charge is -2.31. The fraction of sp³-hybridized carbons (Fsp3) is 0.391. The van der Waals surface area contributed by atoms with Crippen molar-refractivity contribution in [2.24, 2.45) is 0 Å². The summed E-state index contributed by atoms with van der Waals surface area (Å²) in [6.07, 6.45) is 0. The molecule has 0 radical (unpaired) electrons. The van der Waals surface area contributed by atoms with Crippen LogP contribution < -0.4 is 5.32 Å². The third kappa shape index (κ3) is 6.54. The van der Waals surface area contributed by atoms with Crippen LogP contribution in [-0.2, 0) is 26.2 Å². The molecule has 0 saturated heterocycles. The molecule has 1 N–H and O–H groups in total. The molecule has 2 aromatic rings. The number of amides is 2. The molecule has 1 atom stereocenters. The molecule has 174 valence electrons. The first kappa shape index (κ1) is 25.8. The molecular weight excluding hydrogens is 450 g/mol. The van der Waals surface area contributed by atoms with Gasteiger partial charge in [-0.2, -0.15) is 4.31 Å². The number of hydrogen-bond acceptors (Lipinski definition) is 4. The molecule has 2 amide bonds. The van der Waals surface area contributed by atoms with Gasteiger partial charge in [0.1, 0.15) is 6.04 Å². The lowest BCUT2D eigenvalue weighted by Crippen LogP contribution is -2.51. The summed E-state index contributed by atoms with van der Waals surface area (Å²) in [7, 11) is -2.52. The second-order valence-electron chi connectivity index (χ2n) is 8.03. The highest BCUT2D eigenvalue weighted by atomic mass is 35.5. The molecular formula is C23H30ClN3O4S. The number of benzene rings is 2. The lowest BCUT2D eigenvalue weighted by atomic mass is 10.1. The maximum absolute atomic E-state index is 13.2. The third-order valence-electron chi connectivity index (χ3n) is 4.98. The molecule has 0 saturated carbocycles. The summed E-state index contributed by atoms with van der Waals surface area (Å²) in [4.78, 5) is 27.3. The van der Waals surface area contributed by atoms with E-state index in [-0.39, 0.29) is 23.4 Å². The van der Waals surface area contributed by atoms with Gasteiger partial charge in [-0.3, -0.25) is 9.59 Å². The smallest absolute Gasteiger partial charge is 0.243 e. The van der Waals surface area contributed by atoms with E-state index in [9.17, 15) is 18.0 Å². The van der Waals surface area contributed by atoms with E-state index in [0.717, 1.165) is 9.87 Å². The summed E-state index contributed by atoms with van der Waals surface area (Å²) in [6, 6.07) is 12.5. The molecule has 0 aromatic heterocycles. The van der Waals surface area contributed by atoms with E-state index < -0.39 is 28.5 Å².